The number of aromatic nitrogens is 1. The number of pyridine rings is 1. The Morgan fingerprint density at radius 3 is 2.88 bits per heavy atom. The van der Waals surface area contributed by atoms with Crippen molar-refractivity contribution >= 4 is 17.7 Å². The molecule has 0 bridgehead atoms. The summed E-state index contributed by atoms with van der Waals surface area (Å²) in [7, 11) is 0. The van der Waals surface area contributed by atoms with Gasteiger partial charge in [0.05, 0.1) is 17.7 Å². The molecule has 5 heteroatoms. The molecule has 2 atom stereocenters. The summed E-state index contributed by atoms with van der Waals surface area (Å²) in [5, 5.41) is 3.43. The molecule has 3 aliphatic heterocycles. The molecule has 3 aliphatic rings. The standard InChI is InChI=1S/C20H27N3OS/c24-20(16-13-19(25-14-16)15-7-10-21-11-8-15)23-12-4-2-6-18(23)17-5-1-3-9-22-17/h1,3,5,9,13,15-16,18,21H,2,4,6-8,10-12,14H2. The Balaban J connectivity index is 1.48. The molecule has 0 radical (unpaired) electrons. The maximum Gasteiger partial charge on any atom is 0.230 e. The SMILES string of the molecule is O=C(C1C=C(C2CCNCC2)SC1)N1CCCCC1c1ccccn1. The van der Waals surface area contributed by atoms with Crippen molar-refractivity contribution < 1.29 is 4.79 Å². The molecule has 2 unspecified atom stereocenters. The van der Waals surface area contributed by atoms with Crippen molar-refractivity contribution in [1.29, 1.82) is 0 Å². The number of nitrogens with zero attached hydrogens (tertiary/aromatic N) is 2. The molecule has 1 N–H and O–H groups in total. The number of likely N-dealkylation sites (tertiary alicyclic amines) is 1. The average Bonchev–Trinajstić information content (AvgIpc) is 3.19. The minimum Gasteiger partial charge on any atom is -0.334 e. The van der Waals surface area contributed by atoms with Crippen LogP contribution in [0.4, 0.5) is 0 Å². The number of allylic oxidation sites excluding steroid dienone is 1. The highest BCUT2D eigenvalue weighted by molar-refractivity contribution is 8.03. The van der Waals surface area contributed by atoms with Crippen molar-refractivity contribution in [1.82, 2.24) is 15.2 Å². The maximum atomic E-state index is 13.2. The first-order valence-corrected chi connectivity index (χ1v) is 10.6. The van der Waals surface area contributed by atoms with Gasteiger partial charge in [-0.15, -0.1) is 11.8 Å². The lowest BCUT2D eigenvalue weighted by Crippen LogP contribution is -2.42. The highest BCUT2D eigenvalue weighted by atomic mass is 32.2. The molecule has 0 aromatic carbocycles. The number of hydrogen-bond donors (Lipinski definition) is 1. The zero-order chi connectivity index (χ0) is 17.1. The summed E-state index contributed by atoms with van der Waals surface area (Å²) in [6.07, 6.45) is 9.87. The van der Waals surface area contributed by atoms with Crippen LogP contribution in [-0.4, -0.2) is 41.2 Å². The van der Waals surface area contributed by atoms with Crippen LogP contribution in [0.15, 0.2) is 35.4 Å². The van der Waals surface area contributed by atoms with Crippen LogP contribution < -0.4 is 5.32 Å². The molecule has 1 amide bonds. The van der Waals surface area contributed by atoms with E-state index in [1.807, 2.05) is 30.1 Å². The molecule has 1 aromatic rings. The molecule has 4 nitrogen and oxygen atoms in total. The first-order chi connectivity index (χ1) is 12.3. The second-order valence-electron chi connectivity index (χ2n) is 7.31. The van der Waals surface area contributed by atoms with E-state index < -0.39 is 0 Å². The molecular weight excluding hydrogens is 330 g/mol. The normalized spacial score (nSPS) is 28.0. The summed E-state index contributed by atoms with van der Waals surface area (Å²) < 4.78 is 0. The molecule has 4 rings (SSSR count). The van der Waals surface area contributed by atoms with Gasteiger partial charge in [0.1, 0.15) is 0 Å². The Hall–Kier alpha value is -1.33. The molecule has 0 spiro atoms. The van der Waals surface area contributed by atoms with Crippen LogP contribution in [0, 0.1) is 11.8 Å². The van der Waals surface area contributed by atoms with Gasteiger partial charge in [-0.2, -0.15) is 0 Å². The van der Waals surface area contributed by atoms with Crippen LogP contribution in [0.5, 0.6) is 0 Å². The molecule has 0 saturated carbocycles. The minimum absolute atomic E-state index is 0.0548. The number of nitrogens with one attached hydrogen (secondary N) is 1. The van der Waals surface area contributed by atoms with Crippen molar-refractivity contribution in [2.75, 3.05) is 25.4 Å². The summed E-state index contributed by atoms with van der Waals surface area (Å²) in [5.41, 5.74) is 1.05. The van der Waals surface area contributed by atoms with Gasteiger partial charge in [-0.3, -0.25) is 9.78 Å². The Labute approximate surface area is 154 Å². The maximum absolute atomic E-state index is 13.2. The molecular formula is C20H27N3OS. The molecule has 134 valence electrons. The second-order valence-corrected chi connectivity index (χ2v) is 8.40. The van der Waals surface area contributed by atoms with E-state index in [9.17, 15) is 4.79 Å². The van der Waals surface area contributed by atoms with Gasteiger partial charge in [-0.25, -0.2) is 0 Å². The van der Waals surface area contributed by atoms with E-state index in [1.54, 1.807) is 0 Å². The van der Waals surface area contributed by atoms with Crippen LogP contribution in [0.2, 0.25) is 0 Å². The fraction of sp³-hybridized carbons (Fsp3) is 0.600. The highest BCUT2D eigenvalue weighted by Crippen LogP contribution is 2.40. The van der Waals surface area contributed by atoms with Crippen LogP contribution in [0.3, 0.4) is 0 Å². The van der Waals surface area contributed by atoms with E-state index in [0.29, 0.717) is 11.8 Å². The van der Waals surface area contributed by atoms with Gasteiger partial charge in [-0.05, 0) is 68.1 Å². The first kappa shape index (κ1) is 17.1. The van der Waals surface area contributed by atoms with Crippen LogP contribution >= 0.6 is 11.8 Å². The Bertz CT molecular complexity index is 627. The van der Waals surface area contributed by atoms with Crippen molar-refractivity contribution in [3.8, 4) is 0 Å². The topological polar surface area (TPSA) is 45.2 Å². The van der Waals surface area contributed by atoms with Crippen molar-refractivity contribution in [3.63, 3.8) is 0 Å². The molecule has 4 heterocycles. The number of carbonyl (C=O) groups is 1. The quantitative estimate of drug-likeness (QED) is 0.901. The lowest BCUT2D eigenvalue weighted by molar-refractivity contribution is -0.137. The molecule has 25 heavy (non-hydrogen) atoms. The van der Waals surface area contributed by atoms with Gasteiger partial charge in [0.2, 0.25) is 5.91 Å². The zero-order valence-corrected chi connectivity index (χ0v) is 15.5. The molecule has 2 saturated heterocycles. The summed E-state index contributed by atoms with van der Waals surface area (Å²) in [4.78, 5) is 21.3. The van der Waals surface area contributed by atoms with E-state index in [2.05, 4.69) is 27.3 Å². The predicted molar refractivity (Wildman–Crippen MR) is 102 cm³/mol. The second kappa shape index (κ2) is 7.92. The first-order valence-electron chi connectivity index (χ1n) is 9.59. The predicted octanol–water partition coefficient (Wildman–Crippen LogP) is 3.38. The smallest absolute Gasteiger partial charge is 0.230 e. The highest BCUT2D eigenvalue weighted by Gasteiger charge is 2.35. The van der Waals surface area contributed by atoms with Crippen molar-refractivity contribution in [2.45, 2.75) is 38.1 Å². The number of thioether (sulfide) groups is 1. The van der Waals surface area contributed by atoms with Gasteiger partial charge in [0, 0.05) is 18.5 Å². The molecule has 2 fully saturated rings. The van der Waals surface area contributed by atoms with E-state index in [1.165, 1.54) is 24.2 Å². The van der Waals surface area contributed by atoms with Crippen molar-refractivity contribution in [2.24, 2.45) is 11.8 Å². The van der Waals surface area contributed by atoms with Gasteiger partial charge in [-0.1, -0.05) is 12.1 Å². The third-order valence-electron chi connectivity index (χ3n) is 5.67. The molecule has 1 aromatic heterocycles. The third-order valence-corrected chi connectivity index (χ3v) is 7.00. The summed E-state index contributed by atoms with van der Waals surface area (Å²) in [5.74, 6) is 1.95. The van der Waals surface area contributed by atoms with E-state index in [4.69, 9.17) is 0 Å². The van der Waals surface area contributed by atoms with Crippen molar-refractivity contribution in [3.05, 3.63) is 41.1 Å². The van der Waals surface area contributed by atoms with Crippen LogP contribution in [0.25, 0.3) is 0 Å². The lowest BCUT2D eigenvalue weighted by Gasteiger charge is -2.36. The van der Waals surface area contributed by atoms with Crippen LogP contribution in [0.1, 0.15) is 43.8 Å². The fourth-order valence-electron chi connectivity index (χ4n) is 4.27. The van der Waals surface area contributed by atoms with E-state index >= 15 is 0 Å². The lowest BCUT2D eigenvalue weighted by atomic mass is 9.94. The monoisotopic (exact) mass is 357 g/mol. The number of piperidine rings is 2. The van der Waals surface area contributed by atoms with Crippen LogP contribution in [-0.2, 0) is 4.79 Å². The van der Waals surface area contributed by atoms with E-state index in [0.717, 1.165) is 43.9 Å². The zero-order valence-electron chi connectivity index (χ0n) is 14.7. The van der Waals surface area contributed by atoms with Gasteiger partial charge >= 0.3 is 0 Å². The van der Waals surface area contributed by atoms with Gasteiger partial charge in [0.15, 0.2) is 0 Å². The van der Waals surface area contributed by atoms with Gasteiger partial charge in [0.25, 0.3) is 0 Å². The summed E-state index contributed by atoms with van der Waals surface area (Å²) >= 11 is 1.92. The molecule has 0 aliphatic carbocycles. The largest absolute Gasteiger partial charge is 0.334 e. The number of amides is 1. The fourth-order valence-corrected chi connectivity index (χ4v) is 5.62. The summed E-state index contributed by atoms with van der Waals surface area (Å²) in [6.45, 7) is 3.09. The Morgan fingerprint density at radius 2 is 2.08 bits per heavy atom. The van der Waals surface area contributed by atoms with E-state index in [-0.39, 0.29) is 12.0 Å². The number of carbonyl (C=O) groups excluding carboxylic acids is 1. The Kier molecular flexibility index (Phi) is 5.42. The van der Waals surface area contributed by atoms with Gasteiger partial charge < -0.3 is 10.2 Å². The number of hydrogen-bond acceptors (Lipinski definition) is 4. The summed E-state index contributed by atoms with van der Waals surface area (Å²) in [6, 6.07) is 6.19. The number of rotatable bonds is 3. The minimum atomic E-state index is 0.0548. The average molecular weight is 358 g/mol. The Morgan fingerprint density at radius 1 is 1.20 bits per heavy atom. The third kappa shape index (κ3) is 3.77.